The zero-order valence-corrected chi connectivity index (χ0v) is 12.5. The fourth-order valence-electron chi connectivity index (χ4n) is 3.56. The molecule has 3 heteroatoms. The molecule has 1 fully saturated rings. The quantitative estimate of drug-likeness (QED) is 0.928. The van der Waals surface area contributed by atoms with Gasteiger partial charge in [0, 0.05) is 12.5 Å². The third-order valence-corrected chi connectivity index (χ3v) is 4.97. The van der Waals surface area contributed by atoms with E-state index in [4.69, 9.17) is 10.7 Å². The van der Waals surface area contributed by atoms with Gasteiger partial charge in [-0.15, -0.1) is 0 Å². The Morgan fingerprint density at radius 1 is 1.20 bits per heavy atom. The van der Waals surface area contributed by atoms with Crippen molar-refractivity contribution in [2.45, 2.75) is 45.6 Å². The summed E-state index contributed by atoms with van der Waals surface area (Å²) in [4.78, 5) is 4.80. The lowest BCUT2D eigenvalue weighted by molar-refractivity contribution is 0.211. The number of fused-ring (bicyclic) bond motifs is 1. The minimum atomic E-state index is 0.593. The lowest BCUT2D eigenvalue weighted by atomic mass is 9.79. The smallest absolute Gasteiger partial charge is 0.111 e. The second-order valence-corrected chi connectivity index (χ2v) is 6.35. The molecule has 20 heavy (non-hydrogen) atoms. The number of benzene rings is 1. The highest BCUT2D eigenvalue weighted by molar-refractivity contribution is 5.76. The Balaban J connectivity index is 2.02. The Morgan fingerprint density at radius 3 is 2.75 bits per heavy atom. The van der Waals surface area contributed by atoms with Crippen LogP contribution in [-0.4, -0.2) is 16.1 Å². The Morgan fingerprint density at radius 2 is 2.00 bits per heavy atom. The van der Waals surface area contributed by atoms with Crippen molar-refractivity contribution in [1.82, 2.24) is 9.55 Å². The van der Waals surface area contributed by atoms with Crippen molar-refractivity contribution in [3.63, 3.8) is 0 Å². The van der Waals surface area contributed by atoms with Crippen molar-refractivity contribution in [2.24, 2.45) is 17.6 Å². The summed E-state index contributed by atoms with van der Waals surface area (Å²) >= 11 is 0. The van der Waals surface area contributed by atoms with Gasteiger partial charge in [0.25, 0.3) is 0 Å². The van der Waals surface area contributed by atoms with Crippen LogP contribution in [0, 0.1) is 11.8 Å². The maximum absolute atomic E-state index is 5.78. The highest BCUT2D eigenvalue weighted by Crippen LogP contribution is 2.38. The Bertz CT molecular complexity index is 587. The van der Waals surface area contributed by atoms with Gasteiger partial charge in [0.05, 0.1) is 11.0 Å². The molecule has 3 unspecified atom stereocenters. The lowest BCUT2D eigenvalue weighted by Crippen LogP contribution is -2.25. The third-order valence-electron chi connectivity index (χ3n) is 4.97. The molecule has 3 atom stereocenters. The van der Waals surface area contributed by atoms with Gasteiger partial charge in [-0.3, -0.25) is 0 Å². The number of hydrogen-bond donors (Lipinski definition) is 1. The van der Waals surface area contributed by atoms with Gasteiger partial charge in [-0.2, -0.15) is 0 Å². The van der Waals surface area contributed by atoms with Crippen LogP contribution in [-0.2, 0) is 6.42 Å². The topological polar surface area (TPSA) is 43.8 Å². The first-order valence-corrected chi connectivity index (χ1v) is 7.86. The van der Waals surface area contributed by atoms with Gasteiger partial charge >= 0.3 is 0 Å². The maximum Gasteiger partial charge on any atom is 0.111 e. The monoisotopic (exact) mass is 271 g/mol. The van der Waals surface area contributed by atoms with Gasteiger partial charge in [0.1, 0.15) is 5.82 Å². The van der Waals surface area contributed by atoms with Crippen molar-refractivity contribution in [3.05, 3.63) is 30.1 Å². The molecule has 0 saturated heterocycles. The summed E-state index contributed by atoms with van der Waals surface area (Å²) in [6.45, 7) is 5.44. The normalized spacial score (nSPS) is 27.1. The molecule has 1 aliphatic carbocycles. The van der Waals surface area contributed by atoms with E-state index in [1.807, 2.05) is 0 Å². The summed E-state index contributed by atoms with van der Waals surface area (Å²) in [6.07, 6.45) is 4.72. The molecule has 3 nitrogen and oxygen atoms in total. The van der Waals surface area contributed by atoms with Crippen LogP contribution in [0.5, 0.6) is 0 Å². The molecule has 108 valence electrons. The molecule has 0 amide bonds. The fourth-order valence-corrected chi connectivity index (χ4v) is 3.56. The first-order chi connectivity index (χ1) is 9.70. The number of nitrogens with two attached hydrogens (primary N) is 1. The predicted octanol–water partition coefficient (Wildman–Crippen LogP) is 3.53. The summed E-state index contributed by atoms with van der Waals surface area (Å²) in [5.74, 6) is 2.81. The maximum atomic E-state index is 5.78. The predicted molar refractivity (Wildman–Crippen MR) is 83.7 cm³/mol. The van der Waals surface area contributed by atoms with E-state index >= 15 is 0 Å². The Labute approximate surface area is 121 Å². The van der Waals surface area contributed by atoms with Crippen LogP contribution in [0.25, 0.3) is 11.0 Å². The number of nitrogens with zero attached hydrogens (tertiary/aromatic N) is 2. The average Bonchev–Trinajstić information content (AvgIpc) is 2.80. The molecule has 1 aromatic heterocycles. The van der Waals surface area contributed by atoms with E-state index in [1.54, 1.807) is 0 Å². The van der Waals surface area contributed by atoms with Gasteiger partial charge in [-0.05, 0) is 49.8 Å². The summed E-state index contributed by atoms with van der Waals surface area (Å²) in [7, 11) is 0. The second kappa shape index (κ2) is 5.57. The van der Waals surface area contributed by atoms with Crippen LogP contribution in [0.15, 0.2) is 24.3 Å². The molecule has 0 bridgehead atoms. The Kier molecular flexibility index (Phi) is 3.79. The highest BCUT2D eigenvalue weighted by atomic mass is 15.1. The van der Waals surface area contributed by atoms with Gasteiger partial charge in [-0.1, -0.05) is 26.0 Å². The molecule has 1 heterocycles. The molecule has 0 radical (unpaired) electrons. The number of rotatable bonds is 3. The molecule has 3 rings (SSSR count). The molecule has 1 saturated carbocycles. The van der Waals surface area contributed by atoms with Crippen LogP contribution >= 0.6 is 0 Å². The highest BCUT2D eigenvalue weighted by Gasteiger charge is 2.27. The van der Waals surface area contributed by atoms with E-state index in [0.717, 1.165) is 23.8 Å². The third kappa shape index (κ3) is 2.35. The standard InChI is InChI=1S/C17H25N3/c1-12-7-8-14(11-13(12)2)20-16-6-4-3-5-15(16)19-17(20)9-10-18/h3-6,12-14H,7-11,18H2,1-2H3. The molecular weight excluding hydrogens is 246 g/mol. The van der Waals surface area contributed by atoms with Gasteiger partial charge < -0.3 is 10.3 Å². The van der Waals surface area contributed by atoms with Crippen LogP contribution in [0.3, 0.4) is 0 Å². The number of aromatic nitrogens is 2. The number of hydrogen-bond acceptors (Lipinski definition) is 2. The zero-order chi connectivity index (χ0) is 14.1. The molecule has 0 spiro atoms. The van der Waals surface area contributed by atoms with Crippen molar-refractivity contribution >= 4 is 11.0 Å². The summed E-state index contributed by atoms with van der Waals surface area (Å²) < 4.78 is 2.48. The summed E-state index contributed by atoms with van der Waals surface area (Å²) in [6, 6.07) is 9.08. The Hall–Kier alpha value is -1.35. The van der Waals surface area contributed by atoms with E-state index in [9.17, 15) is 0 Å². The van der Waals surface area contributed by atoms with Crippen molar-refractivity contribution in [2.75, 3.05) is 6.54 Å². The fraction of sp³-hybridized carbons (Fsp3) is 0.588. The van der Waals surface area contributed by atoms with E-state index in [0.29, 0.717) is 12.6 Å². The minimum absolute atomic E-state index is 0.593. The molecule has 2 N–H and O–H groups in total. The lowest BCUT2D eigenvalue weighted by Gasteiger charge is -2.34. The molecule has 0 aliphatic heterocycles. The van der Waals surface area contributed by atoms with Gasteiger partial charge in [0.15, 0.2) is 0 Å². The van der Waals surface area contributed by atoms with Crippen LogP contribution < -0.4 is 5.73 Å². The van der Waals surface area contributed by atoms with E-state index in [2.05, 4.69) is 42.7 Å². The molecular formula is C17H25N3. The first-order valence-electron chi connectivity index (χ1n) is 7.86. The van der Waals surface area contributed by atoms with E-state index in [1.165, 1.54) is 30.6 Å². The average molecular weight is 271 g/mol. The van der Waals surface area contributed by atoms with Crippen molar-refractivity contribution in [1.29, 1.82) is 0 Å². The van der Waals surface area contributed by atoms with Crippen molar-refractivity contribution < 1.29 is 0 Å². The van der Waals surface area contributed by atoms with Crippen LogP contribution in [0.2, 0.25) is 0 Å². The summed E-state index contributed by atoms with van der Waals surface area (Å²) in [5.41, 5.74) is 8.17. The summed E-state index contributed by atoms with van der Waals surface area (Å²) in [5, 5.41) is 0. The largest absolute Gasteiger partial charge is 0.330 e. The molecule has 2 aromatic rings. The first kappa shape index (κ1) is 13.6. The van der Waals surface area contributed by atoms with Gasteiger partial charge in [-0.25, -0.2) is 4.98 Å². The van der Waals surface area contributed by atoms with Crippen LogP contribution in [0.1, 0.15) is 45.0 Å². The van der Waals surface area contributed by atoms with Crippen LogP contribution in [0.4, 0.5) is 0 Å². The van der Waals surface area contributed by atoms with Gasteiger partial charge in [0.2, 0.25) is 0 Å². The number of imidazole rings is 1. The minimum Gasteiger partial charge on any atom is -0.330 e. The van der Waals surface area contributed by atoms with Crippen molar-refractivity contribution in [3.8, 4) is 0 Å². The molecule has 1 aliphatic rings. The van der Waals surface area contributed by atoms with E-state index < -0.39 is 0 Å². The second-order valence-electron chi connectivity index (χ2n) is 6.35. The van der Waals surface area contributed by atoms with E-state index in [-0.39, 0.29) is 0 Å². The number of para-hydroxylation sites is 2. The zero-order valence-electron chi connectivity index (χ0n) is 12.5. The molecule has 1 aromatic carbocycles. The SMILES string of the molecule is CC1CCC(n2c(CCN)nc3ccccc32)CC1C.